The number of ether oxygens (including phenoxy) is 2. The van der Waals surface area contributed by atoms with E-state index in [9.17, 15) is 30.0 Å². The molecule has 0 saturated carbocycles. The van der Waals surface area contributed by atoms with Gasteiger partial charge < -0.3 is 40.3 Å². The van der Waals surface area contributed by atoms with Crippen LogP contribution >= 0.6 is 0 Å². The van der Waals surface area contributed by atoms with Crippen LogP contribution in [0.5, 0.6) is 11.5 Å². The van der Waals surface area contributed by atoms with E-state index in [1.165, 1.54) is 19.1 Å². The number of aliphatic hydroxyl groups excluding tert-OH is 3. The molecule has 1 saturated heterocycles. The number of carbonyl (C=O) groups is 2. The van der Waals surface area contributed by atoms with Gasteiger partial charge >= 0.3 is 5.97 Å². The second-order valence-corrected chi connectivity index (χ2v) is 5.67. The fourth-order valence-electron chi connectivity index (χ4n) is 2.33. The van der Waals surface area contributed by atoms with E-state index < -0.39 is 42.6 Å². The lowest BCUT2D eigenvalue weighted by Crippen LogP contribution is -2.61. The van der Waals surface area contributed by atoms with E-state index in [0.29, 0.717) is 5.56 Å². The van der Waals surface area contributed by atoms with Crippen LogP contribution in [0.1, 0.15) is 12.5 Å². The first-order valence-corrected chi connectivity index (χ1v) is 7.32. The predicted molar refractivity (Wildman–Crippen MR) is 82.1 cm³/mol. The van der Waals surface area contributed by atoms with Crippen LogP contribution in [0.4, 0.5) is 5.69 Å². The maximum absolute atomic E-state index is 11.3. The average Bonchev–Trinajstić information content (AvgIpc) is 2.51. The molecule has 0 aliphatic carbocycles. The van der Waals surface area contributed by atoms with Crippen LogP contribution < -0.4 is 10.1 Å². The number of carboxylic acids is 1. The SMILES string of the molecule is CC(=O)Nc1cc(O)c(C)cc1OC1O[C@H](C(=O)O)[C@@H](O)[C@H](O)[C@H]1O. The number of benzene rings is 1. The van der Waals surface area contributed by atoms with Crippen molar-refractivity contribution >= 4 is 17.6 Å². The summed E-state index contributed by atoms with van der Waals surface area (Å²) in [5.74, 6) is -2.16. The zero-order valence-electron chi connectivity index (χ0n) is 13.4. The minimum atomic E-state index is -1.84. The minimum absolute atomic E-state index is 0.0257. The lowest BCUT2D eigenvalue weighted by molar-refractivity contribution is -0.271. The van der Waals surface area contributed by atoms with Gasteiger partial charge in [-0.25, -0.2) is 4.79 Å². The van der Waals surface area contributed by atoms with Crippen molar-refractivity contribution in [2.45, 2.75) is 44.6 Å². The number of amides is 1. The van der Waals surface area contributed by atoms with Crippen molar-refractivity contribution < 1.29 is 44.6 Å². The third-order valence-electron chi connectivity index (χ3n) is 3.66. The Labute approximate surface area is 142 Å². The quantitative estimate of drug-likeness (QED) is 0.393. The Bertz CT molecular complexity index is 677. The van der Waals surface area contributed by atoms with E-state index in [0.717, 1.165) is 0 Å². The summed E-state index contributed by atoms with van der Waals surface area (Å²) in [6, 6.07) is 2.55. The van der Waals surface area contributed by atoms with Gasteiger partial charge in [0.05, 0.1) is 5.69 Å². The largest absolute Gasteiger partial charge is 0.508 e. The van der Waals surface area contributed by atoms with Crippen molar-refractivity contribution in [1.82, 2.24) is 0 Å². The molecule has 6 N–H and O–H groups in total. The van der Waals surface area contributed by atoms with Crippen molar-refractivity contribution in [3.63, 3.8) is 0 Å². The molecule has 1 heterocycles. The number of phenols is 1. The van der Waals surface area contributed by atoms with E-state index in [-0.39, 0.29) is 17.2 Å². The molecule has 1 fully saturated rings. The number of anilines is 1. The highest BCUT2D eigenvalue weighted by molar-refractivity contribution is 5.90. The summed E-state index contributed by atoms with van der Waals surface area (Å²) >= 11 is 0. The van der Waals surface area contributed by atoms with E-state index in [1.54, 1.807) is 6.92 Å². The molecule has 0 aromatic heterocycles. The Balaban J connectivity index is 2.32. The van der Waals surface area contributed by atoms with E-state index in [1.807, 2.05) is 0 Å². The fourth-order valence-corrected chi connectivity index (χ4v) is 2.33. The highest BCUT2D eigenvalue weighted by atomic mass is 16.7. The summed E-state index contributed by atoms with van der Waals surface area (Å²) < 4.78 is 10.4. The van der Waals surface area contributed by atoms with Crippen LogP contribution in [0, 0.1) is 6.92 Å². The number of aliphatic carboxylic acids is 1. The van der Waals surface area contributed by atoms with Gasteiger partial charge in [0, 0.05) is 13.0 Å². The number of phenolic OH excluding ortho intramolecular Hbond substituents is 1. The molecule has 1 aromatic carbocycles. The standard InChI is InChI=1S/C15H19NO9/c1-5-3-9(7(4-8(5)18)16-6(2)17)24-15-12(21)10(19)11(20)13(25-15)14(22)23/h3-4,10-13,15,18-21H,1-2H3,(H,16,17)(H,22,23)/t10-,11-,12+,13-,15?/m0/s1. The first-order chi connectivity index (χ1) is 11.6. The number of aromatic hydroxyl groups is 1. The molecule has 0 radical (unpaired) electrons. The smallest absolute Gasteiger partial charge is 0.335 e. The summed E-state index contributed by atoms with van der Waals surface area (Å²) in [4.78, 5) is 22.4. The first kappa shape index (κ1) is 18.9. The van der Waals surface area contributed by atoms with Gasteiger partial charge in [-0.3, -0.25) is 4.79 Å². The molecule has 138 valence electrons. The van der Waals surface area contributed by atoms with Crippen LogP contribution in [0.15, 0.2) is 12.1 Å². The minimum Gasteiger partial charge on any atom is -0.508 e. The van der Waals surface area contributed by atoms with Crippen LogP contribution in [-0.2, 0) is 14.3 Å². The summed E-state index contributed by atoms with van der Waals surface area (Å²) in [5, 5.41) is 50.6. The number of nitrogens with one attached hydrogen (secondary N) is 1. The number of hydrogen-bond acceptors (Lipinski definition) is 8. The molecule has 1 aliphatic heterocycles. The summed E-state index contributed by atoms with van der Waals surface area (Å²) in [5.41, 5.74) is 0.434. The molecule has 10 heteroatoms. The molecule has 5 atom stereocenters. The monoisotopic (exact) mass is 357 g/mol. The molecular weight excluding hydrogens is 338 g/mol. The third kappa shape index (κ3) is 3.99. The van der Waals surface area contributed by atoms with Crippen LogP contribution in [0.3, 0.4) is 0 Å². The van der Waals surface area contributed by atoms with E-state index in [4.69, 9.17) is 14.6 Å². The maximum Gasteiger partial charge on any atom is 0.335 e. The number of aryl methyl sites for hydroxylation is 1. The highest BCUT2D eigenvalue weighted by Crippen LogP contribution is 2.34. The summed E-state index contributed by atoms with van der Waals surface area (Å²) in [6.07, 6.45) is -8.85. The maximum atomic E-state index is 11.3. The summed E-state index contributed by atoms with van der Waals surface area (Å²) in [6.45, 7) is 2.78. The summed E-state index contributed by atoms with van der Waals surface area (Å²) in [7, 11) is 0. The lowest BCUT2D eigenvalue weighted by atomic mass is 9.99. The Kier molecular flexibility index (Phi) is 5.48. The van der Waals surface area contributed by atoms with Crippen molar-refractivity contribution in [2.75, 3.05) is 5.32 Å². The fraction of sp³-hybridized carbons (Fsp3) is 0.467. The topological polar surface area (TPSA) is 166 Å². The van der Waals surface area contributed by atoms with Gasteiger partial charge in [0.25, 0.3) is 0 Å². The van der Waals surface area contributed by atoms with E-state index >= 15 is 0 Å². The van der Waals surface area contributed by atoms with Crippen LogP contribution in [0.25, 0.3) is 0 Å². The molecule has 0 bridgehead atoms. The van der Waals surface area contributed by atoms with Gasteiger partial charge in [-0.1, -0.05) is 0 Å². The number of aliphatic hydroxyl groups is 3. The molecule has 1 aliphatic rings. The molecule has 1 amide bonds. The predicted octanol–water partition coefficient (Wildman–Crippen LogP) is -1.07. The number of rotatable bonds is 4. The molecule has 2 rings (SSSR count). The van der Waals surface area contributed by atoms with Crippen LogP contribution in [-0.4, -0.2) is 68.1 Å². The Hall–Kier alpha value is -2.40. The molecule has 10 nitrogen and oxygen atoms in total. The van der Waals surface area contributed by atoms with Crippen molar-refractivity contribution in [3.05, 3.63) is 17.7 Å². The zero-order chi connectivity index (χ0) is 18.9. The molecule has 0 spiro atoms. The highest BCUT2D eigenvalue weighted by Gasteiger charge is 2.48. The second kappa shape index (κ2) is 7.23. The molecular formula is C15H19NO9. The average molecular weight is 357 g/mol. The van der Waals surface area contributed by atoms with Crippen molar-refractivity contribution in [1.29, 1.82) is 0 Å². The van der Waals surface area contributed by atoms with Crippen LogP contribution in [0.2, 0.25) is 0 Å². The Morgan fingerprint density at radius 2 is 1.80 bits per heavy atom. The Morgan fingerprint density at radius 1 is 1.16 bits per heavy atom. The number of carboxylic acid groups (broad SMARTS) is 1. The normalized spacial score (nSPS) is 29.1. The van der Waals surface area contributed by atoms with Gasteiger partial charge in [0.15, 0.2) is 6.10 Å². The van der Waals surface area contributed by atoms with Crippen molar-refractivity contribution in [3.8, 4) is 11.5 Å². The molecule has 25 heavy (non-hydrogen) atoms. The van der Waals surface area contributed by atoms with Crippen molar-refractivity contribution in [2.24, 2.45) is 0 Å². The number of hydrogen-bond donors (Lipinski definition) is 6. The van der Waals surface area contributed by atoms with Gasteiger partial charge in [0.1, 0.15) is 29.8 Å². The van der Waals surface area contributed by atoms with Gasteiger partial charge in [0.2, 0.25) is 12.2 Å². The van der Waals surface area contributed by atoms with Gasteiger partial charge in [-0.2, -0.15) is 0 Å². The van der Waals surface area contributed by atoms with Gasteiger partial charge in [-0.15, -0.1) is 0 Å². The Morgan fingerprint density at radius 3 is 2.36 bits per heavy atom. The molecule has 1 unspecified atom stereocenters. The first-order valence-electron chi connectivity index (χ1n) is 7.32. The van der Waals surface area contributed by atoms with Gasteiger partial charge in [-0.05, 0) is 18.6 Å². The third-order valence-corrected chi connectivity index (χ3v) is 3.66. The van der Waals surface area contributed by atoms with E-state index in [2.05, 4.69) is 5.32 Å². The molecule has 1 aromatic rings. The second-order valence-electron chi connectivity index (χ2n) is 5.67. The lowest BCUT2D eigenvalue weighted by Gasteiger charge is -2.38. The number of carbonyl (C=O) groups excluding carboxylic acids is 1. The zero-order valence-corrected chi connectivity index (χ0v) is 13.4.